The number of aromatic nitrogens is 3. The van der Waals surface area contributed by atoms with E-state index in [2.05, 4.69) is 51.5 Å². The van der Waals surface area contributed by atoms with Crippen molar-refractivity contribution in [2.75, 3.05) is 19.6 Å². The highest BCUT2D eigenvalue weighted by Gasteiger charge is 2.28. The van der Waals surface area contributed by atoms with Gasteiger partial charge in [-0.25, -0.2) is 4.98 Å². The number of aryl methyl sites for hydroxylation is 1. The molecular weight excluding hydrogens is 441 g/mol. The van der Waals surface area contributed by atoms with Crippen molar-refractivity contribution in [2.45, 2.75) is 25.8 Å². The molecule has 1 unspecified atom stereocenters. The molecular formula is C21H25Cl2N5OS. The summed E-state index contributed by atoms with van der Waals surface area (Å²) in [6.45, 7) is 4.45. The molecule has 1 saturated heterocycles. The van der Waals surface area contributed by atoms with Crippen LogP contribution in [0.2, 0.25) is 0 Å². The number of nitrogens with zero attached hydrogens (tertiary/aromatic N) is 4. The number of halogens is 2. The molecule has 6 nitrogen and oxygen atoms in total. The Balaban J connectivity index is 0.00000160. The van der Waals surface area contributed by atoms with Crippen molar-refractivity contribution >= 4 is 42.1 Å². The Morgan fingerprint density at radius 3 is 2.73 bits per heavy atom. The van der Waals surface area contributed by atoms with E-state index in [-0.39, 0.29) is 36.8 Å². The average Bonchev–Trinajstić information content (AvgIpc) is 3.23. The minimum atomic E-state index is 0. The predicted molar refractivity (Wildman–Crippen MR) is 124 cm³/mol. The van der Waals surface area contributed by atoms with Crippen LogP contribution in [0.15, 0.2) is 48.2 Å². The zero-order chi connectivity index (χ0) is 19.3. The summed E-state index contributed by atoms with van der Waals surface area (Å²) < 4.78 is 0. The monoisotopic (exact) mass is 465 g/mol. The predicted octanol–water partition coefficient (Wildman–Crippen LogP) is 3.72. The minimum Gasteiger partial charge on any atom is -0.333 e. The molecule has 1 fully saturated rings. The summed E-state index contributed by atoms with van der Waals surface area (Å²) in [4.78, 5) is 28.0. The summed E-state index contributed by atoms with van der Waals surface area (Å²) in [5.41, 5.74) is 4.01. The van der Waals surface area contributed by atoms with E-state index in [0.29, 0.717) is 13.0 Å². The molecule has 9 heteroatoms. The maximum Gasteiger partial charge on any atom is 0.229 e. The fourth-order valence-electron chi connectivity index (χ4n) is 3.45. The van der Waals surface area contributed by atoms with Crippen LogP contribution in [-0.4, -0.2) is 45.4 Å². The summed E-state index contributed by atoms with van der Waals surface area (Å²) in [7, 11) is 0. The highest BCUT2D eigenvalue weighted by atomic mass is 35.5. The molecule has 0 bridgehead atoms. The van der Waals surface area contributed by atoms with Crippen molar-refractivity contribution in [3.05, 3.63) is 65.1 Å². The highest BCUT2D eigenvalue weighted by Crippen LogP contribution is 2.25. The van der Waals surface area contributed by atoms with Gasteiger partial charge in [-0.1, -0.05) is 31.2 Å². The largest absolute Gasteiger partial charge is 0.333 e. The van der Waals surface area contributed by atoms with E-state index in [1.807, 2.05) is 10.3 Å². The maximum atomic E-state index is 13.1. The number of amides is 1. The van der Waals surface area contributed by atoms with Crippen LogP contribution >= 0.6 is 36.2 Å². The number of carbonyl (C=O) groups excluding carboxylic acids is 1. The first-order chi connectivity index (χ1) is 13.7. The first kappa shape index (κ1) is 24.2. The molecule has 3 aromatic rings. The molecule has 4 rings (SSSR count). The first-order valence-corrected chi connectivity index (χ1v) is 10.4. The zero-order valence-electron chi connectivity index (χ0n) is 16.7. The second kappa shape index (κ2) is 11.4. The van der Waals surface area contributed by atoms with Gasteiger partial charge >= 0.3 is 0 Å². The Hall–Kier alpha value is -2.06. The molecule has 1 aromatic carbocycles. The lowest BCUT2D eigenvalue weighted by Gasteiger charge is -2.36. The van der Waals surface area contributed by atoms with E-state index in [0.717, 1.165) is 35.9 Å². The van der Waals surface area contributed by atoms with E-state index in [1.54, 1.807) is 18.6 Å². The molecule has 1 aliphatic heterocycles. The van der Waals surface area contributed by atoms with Crippen LogP contribution in [0.5, 0.6) is 0 Å². The smallest absolute Gasteiger partial charge is 0.229 e. The fourth-order valence-corrected chi connectivity index (χ4v) is 4.23. The molecule has 160 valence electrons. The summed E-state index contributed by atoms with van der Waals surface area (Å²) in [5, 5.41) is 6.15. The van der Waals surface area contributed by atoms with E-state index in [1.165, 1.54) is 22.5 Å². The number of nitrogens with one attached hydrogen (secondary N) is 1. The van der Waals surface area contributed by atoms with Gasteiger partial charge in [-0.3, -0.25) is 14.8 Å². The highest BCUT2D eigenvalue weighted by molar-refractivity contribution is 7.13. The average molecular weight is 466 g/mol. The lowest BCUT2D eigenvalue weighted by molar-refractivity contribution is -0.133. The van der Waals surface area contributed by atoms with Gasteiger partial charge in [0.1, 0.15) is 10.7 Å². The van der Waals surface area contributed by atoms with Crippen LogP contribution in [-0.2, 0) is 17.6 Å². The van der Waals surface area contributed by atoms with Gasteiger partial charge in [0.05, 0.1) is 24.4 Å². The van der Waals surface area contributed by atoms with Gasteiger partial charge < -0.3 is 10.2 Å². The number of benzene rings is 1. The van der Waals surface area contributed by atoms with Gasteiger partial charge in [0.25, 0.3) is 0 Å². The summed E-state index contributed by atoms with van der Waals surface area (Å²) >= 11 is 1.50. The van der Waals surface area contributed by atoms with Crippen molar-refractivity contribution < 1.29 is 4.79 Å². The molecule has 2 aromatic heterocycles. The van der Waals surface area contributed by atoms with Crippen LogP contribution in [0.25, 0.3) is 10.7 Å². The zero-order valence-corrected chi connectivity index (χ0v) is 19.1. The van der Waals surface area contributed by atoms with Gasteiger partial charge in [-0.2, -0.15) is 0 Å². The van der Waals surface area contributed by atoms with Crippen LogP contribution in [0.4, 0.5) is 0 Å². The van der Waals surface area contributed by atoms with Crippen molar-refractivity contribution in [1.29, 1.82) is 0 Å². The van der Waals surface area contributed by atoms with Gasteiger partial charge in [0.15, 0.2) is 0 Å². The second-order valence-electron chi connectivity index (χ2n) is 6.81. The second-order valence-corrected chi connectivity index (χ2v) is 7.67. The minimum absolute atomic E-state index is 0. The third-order valence-corrected chi connectivity index (χ3v) is 5.92. The molecule has 0 radical (unpaired) electrons. The number of hydrogen-bond donors (Lipinski definition) is 1. The van der Waals surface area contributed by atoms with E-state index in [4.69, 9.17) is 0 Å². The lowest BCUT2D eigenvalue weighted by atomic mass is 10.0. The van der Waals surface area contributed by atoms with Crippen molar-refractivity contribution in [2.24, 2.45) is 0 Å². The van der Waals surface area contributed by atoms with E-state index in [9.17, 15) is 4.79 Å². The number of rotatable bonds is 5. The molecule has 0 aliphatic carbocycles. The van der Waals surface area contributed by atoms with E-state index >= 15 is 0 Å². The normalized spacial score (nSPS) is 15.8. The van der Waals surface area contributed by atoms with Crippen molar-refractivity contribution in [3.8, 4) is 10.7 Å². The van der Waals surface area contributed by atoms with Crippen LogP contribution < -0.4 is 5.32 Å². The third-order valence-electron chi connectivity index (χ3n) is 5.00. The Kier molecular flexibility index (Phi) is 9.17. The summed E-state index contributed by atoms with van der Waals surface area (Å²) in [6.07, 6.45) is 6.30. The molecule has 0 saturated carbocycles. The SMILES string of the molecule is CCc1ccc(C2CNCCN2C(=O)Cc2csc(-c3cnccn3)n2)cc1.Cl.Cl. The number of piperazine rings is 1. The van der Waals surface area contributed by atoms with Crippen molar-refractivity contribution in [3.63, 3.8) is 0 Å². The molecule has 0 spiro atoms. The van der Waals surface area contributed by atoms with Crippen LogP contribution in [0.3, 0.4) is 0 Å². The molecule has 1 aliphatic rings. The summed E-state index contributed by atoms with van der Waals surface area (Å²) in [6, 6.07) is 8.66. The lowest BCUT2D eigenvalue weighted by Crippen LogP contribution is -2.49. The Labute approximate surface area is 193 Å². The molecule has 1 amide bonds. The molecule has 3 heterocycles. The fraction of sp³-hybridized carbons (Fsp3) is 0.333. The first-order valence-electron chi connectivity index (χ1n) is 9.54. The topological polar surface area (TPSA) is 71.0 Å². The van der Waals surface area contributed by atoms with E-state index < -0.39 is 0 Å². The molecule has 1 atom stereocenters. The molecule has 1 N–H and O–H groups in total. The molecule has 30 heavy (non-hydrogen) atoms. The Morgan fingerprint density at radius 2 is 2.03 bits per heavy atom. The Morgan fingerprint density at radius 1 is 1.23 bits per heavy atom. The maximum absolute atomic E-state index is 13.1. The van der Waals surface area contributed by atoms with Gasteiger partial charge in [0.2, 0.25) is 5.91 Å². The third kappa shape index (κ3) is 5.55. The Bertz CT molecular complexity index is 936. The standard InChI is InChI=1S/C21H23N5OS.2ClH/c1-2-15-3-5-16(6-4-15)19-13-23-9-10-26(19)20(27)11-17-14-28-21(25-17)18-12-22-7-8-24-18;;/h3-8,12,14,19,23H,2,9-11,13H2,1H3;2*1H. The quantitative estimate of drug-likeness (QED) is 0.621. The van der Waals surface area contributed by atoms with Crippen molar-refractivity contribution in [1.82, 2.24) is 25.2 Å². The number of hydrogen-bond acceptors (Lipinski definition) is 6. The van der Waals surface area contributed by atoms with Crippen LogP contribution in [0, 0.1) is 0 Å². The number of thiazole rings is 1. The van der Waals surface area contributed by atoms with Gasteiger partial charge in [-0.05, 0) is 17.5 Å². The summed E-state index contributed by atoms with van der Waals surface area (Å²) in [5.74, 6) is 0.113. The van der Waals surface area contributed by atoms with Gasteiger partial charge in [0, 0.05) is 37.4 Å². The number of carbonyl (C=O) groups is 1. The van der Waals surface area contributed by atoms with Crippen LogP contribution in [0.1, 0.15) is 29.8 Å². The van der Waals surface area contributed by atoms with Gasteiger partial charge in [-0.15, -0.1) is 36.2 Å².